The van der Waals surface area contributed by atoms with E-state index in [9.17, 15) is 8.42 Å². The summed E-state index contributed by atoms with van der Waals surface area (Å²) < 4.78 is 31.5. The van der Waals surface area contributed by atoms with E-state index in [-0.39, 0.29) is 11.8 Å². The Morgan fingerprint density at radius 1 is 1.35 bits per heavy atom. The predicted octanol–water partition coefficient (Wildman–Crippen LogP) is 2.78. The maximum absolute atomic E-state index is 11.9. The van der Waals surface area contributed by atoms with E-state index in [1.807, 2.05) is 6.92 Å². The minimum Gasteiger partial charge on any atom is -0.448 e. The van der Waals surface area contributed by atoms with Crippen LogP contribution in [0.3, 0.4) is 0 Å². The second-order valence-corrected chi connectivity index (χ2v) is 7.05. The van der Waals surface area contributed by atoms with Gasteiger partial charge in [0, 0.05) is 4.88 Å². The van der Waals surface area contributed by atoms with Gasteiger partial charge in [-0.1, -0.05) is 0 Å². The number of thiophene rings is 1. The Balaban J connectivity index is 2.08. The molecule has 0 fully saturated rings. The van der Waals surface area contributed by atoms with E-state index in [2.05, 4.69) is 4.72 Å². The third-order valence-electron chi connectivity index (χ3n) is 2.05. The van der Waals surface area contributed by atoms with Gasteiger partial charge in [0.2, 0.25) is 10.0 Å². The first-order valence-corrected chi connectivity index (χ1v) is 7.45. The van der Waals surface area contributed by atoms with Crippen LogP contribution in [0.15, 0.2) is 32.9 Å². The fraction of sp³-hybridized carbons (Fsp3) is 0.200. The molecule has 0 aliphatic rings. The van der Waals surface area contributed by atoms with Gasteiger partial charge in [0.15, 0.2) is 5.22 Å². The van der Waals surface area contributed by atoms with Gasteiger partial charge in [0.25, 0.3) is 0 Å². The number of rotatable bonds is 4. The highest BCUT2D eigenvalue weighted by Crippen LogP contribution is 2.21. The normalized spacial score (nSPS) is 11.9. The average Bonchev–Trinajstić information content (AvgIpc) is 2.85. The van der Waals surface area contributed by atoms with Crippen molar-refractivity contribution < 1.29 is 12.8 Å². The van der Waals surface area contributed by atoms with Gasteiger partial charge in [-0.3, -0.25) is 0 Å². The van der Waals surface area contributed by atoms with Crippen molar-refractivity contribution in [3.63, 3.8) is 0 Å². The number of furan rings is 1. The second kappa shape index (κ2) is 4.81. The number of halogens is 1. The Kier molecular flexibility index (Phi) is 3.58. The van der Waals surface area contributed by atoms with E-state index in [1.54, 1.807) is 24.3 Å². The Morgan fingerprint density at radius 3 is 2.65 bits per heavy atom. The van der Waals surface area contributed by atoms with Gasteiger partial charge in [-0.25, -0.2) is 13.1 Å². The monoisotopic (exact) mass is 291 g/mol. The van der Waals surface area contributed by atoms with Crippen LogP contribution in [0, 0.1) is 6.92 Å². The smallest absolute Gasteiger partial charge is 0.250 e. The molecule has 0 unspecified atom stereocenters. The summed E-state index contributed by atoms with van der Waals surface area (Å²) in [6.07, 6.45) is 0. The van der Waals surface area contributed by atoms with Crippen molar-refractivity contribution in [3.8, 4) is 0 Å². The summed E-state index contributed by atoms with van der Waals surface area (Å²) in [5.41, 5.74) is 0. The predicted molar refractivity (Wildman–Crippen MR) is 66.8 cm³/mol. The molecule has 0 radical (unpaired) electrons. The lowest BCUT2D eigenvalue weighted by Gasteiger charge is -2.02. The molecule has 0 amide bonds. The molecule has 2 rings (SSSR count). The van der Waals surface area contributed by atoms with Gasteiger partial charge >= 0.3 is 0 Å². The van der Waals surface area contributed by atoms with E-state index >= 15 is 0 Å². The molecule has 2 aromatic heterocycles. The molecular formula is C10H10ClNO3S2. The SMILES string of the molecule is Cc1ccc(S(=O)(=O)NCc2ccc(Cl)o2)s1. The van der Waals surface area contributed by atoms with Gasteiger partial charge in [0.05, 0.1) is 6.54 Å². The molecule has 0 bridgehead atoms. The number of sulfonamides is 1. The number of nitrogens with one attached hydrogen (secondary N) is 1. The summed E-state index contributed by atoms with van der Waals surface area (Å²) in [4.78, 5) is 0.950. The van der Waals surface area contributed by atoms with E-state index in [4.69, 9.17) is 16.0 Å². The van der Waals surface area contributed by atoms with Gasteiger partial charge in [-0.2, -0.15) is 0 Å². The first kappa shape index (κ1) is 12.6. The maximum atomic E-state index is 11.9. The molecule has 0 aliphatic carbocycles. The van der Waals surface area contributed by atoms with Crippen LogP contribution >= 0.6 is 22.9 Å². The Labute approximate surface area is 108 Å². The van der Waals surface area contributed by atoms with Crippen LogP contribution in [-0.4, -0.2) is 8.42 Å². The summed E-state index contributed by atoms with van der Waals surface area (Å²) in [6.45, 7) is 1.95. The minimum absolute atomic E-state index is 0.0893. The van der Waals surface area contributed by atoms with Crippen molar-refractivity contribution in [1.82, 2.24) is 4.72 Å². The van der Waals surface area contributed by atoms with E-state index in [1.165, 1.54) is 11.3 Å². The van der Waals surface area contributed by atoms with Crippen LogP contribution in [0.2, 0.25) is 5.22 Å². The summed E-state index contributed by atoms with van der Waals surface area (Å²) >= 11 is 6.82. The molecule has 0 aliphatic heterocycles. The average molecular weight is 292 g/mol. The molecule has 2 heterocycles. The molecule has 92 valence electrons. The van der Waals surface area contributed by atoms with Crippen LogP contribution in [0.1, 0.15) is 10.6 Å². The quantitative estimate of drug-likeness (QED) is 0.942. The Bertz CT molecular complexity index is 615. The summed E-state index contributed by atoms with van der Waals surface area (Å²) in [6, 6.07) is 6.55. The van der Waals surface area contributed by atoms with Crippen molar-refractivity contribution in [2.45, 2.75) is 17.7 Å². The molecule has 0 saturated carbocycles. The molecule has 0 spiro atoms. The van der Waals surface area contributed by atoms with Crippen molar-refractivity contribution in [3.05, 3.63) is 40.1 Å². The maximum Gasteiger partial charge on any atom is 0.250 e. The number of hydrogen-bond donors (Lipinski definition) is 1. The molecule has 17 heavy (non-hydrogen) atoms. The van der Waals surface area contributed by atoms with E-state index in [0.717, 1.165) is 4.88 Å². The molecule has 0 aromatic carbocycles. The molecular weight excluding hydrogens is 282 g/mol. The van der Waals surface area contributed by atoms with Crippen LogP contribution in [0.4, 0.5) is 0 Å². The lowest BCUT2D eigenvalue weighted by Crippen LogP contribution is -2.22. The molecule has 0 atom stereocenters. The zero-order valence-corrected chi connectivity index (χ0v) is 11.3. The summed E-state index contributed by atoms with van der Waals surface area (Å²) in [5, 5.41) is 0.242. The fourth-order valence-corrected chi connectivity index (χ4v) is 3.72. The third-order valence-corrected chi connectivity index (χ3v) is 5.14. The highest BCUT2D eigenvalue weighted by atomic mass is 35.5. The van der Waals surface area contributed by atoms with Crippen molar-refractivity contribution in [1.29, 1.82) is 0 Å². The zero-order chi connectivity index (χ0) is 12.5. The van der Waals surface area contributed by atoms with Gasteiger partial charge in [0.1, 0.15) is 9.97 Å². The Hall–Kier alpha value is -0.820. The van der Waals surface area contributed by atoms with Crippen LogP contribution in [0.5, 0.6) is 0 Å². The van der Waals surface area contributed by atoms with E-state index < -0.39 is 10.0 Å². The van der Waals surface area contributed by atoms with Crippen molar-refractivity contribution in [2.75, 3.05) is 0 Å². The topological polar surface area (TPSA) is 59.3 Å². The largest absolute Gasteiger partial charge is 0.448 e. The Morgan fingerprint density at radius 2 is 2.12 bits per heavy atom. The number of aryl methyl sites for hydroxylation is 1. The lowest BCUT2D eigenvalue weighted by molar-refractivity contribution is 0.500. The first-order chi connectivity index (χ1) is 7.97. The van der Waals surface area contributed by atoms with Gasteiger partial charge in [-0.05, 0) is 42.8 Å². The number of hydrogen-bond acceptors (Lipinski definition) is 4. The van der Waals surface area contributed by atoms with Crippen molar-refractivity contribution in [2.24, 2.45) is 0 Å². The highest BCUT2D eigenvalue weighted by molar-refractivity contribution is 7.91. The van der Waals surface area contributed by atoms with Crippen molar-refractivity contribution >= 4 is 33.0 Å². The standard InChI is InChI=1S/C10H10ClNO3S2/c1-7-2-5-10(16-7)17(13,14)12-6-8-3-4-9(11)15-8/h2-5,12H,6H2,1H3. The molecule has 2 aromatic rings. The van der Waals surface area contributed by atoms with Gasteiger partial charge in [-0.15, -0.1) is 11.3 Å². The second-order valence-electron chi connectivity index (χ2n) is 3.40. The fourth-order valence-electron chi connectivity index (χ4n) is 1.24. The summed E-state index contributed by atoms with van der Waals surface area (Å²) in [5.74, 6) is 0.479. The first-order valence-electron chi connectivity index (χ1n) is 4.78. The molecule has 4 nitrogen and oxygen atoms in total. The van der Waals surface area contributed by atoms with Crippen LogP contribution in [-0.2, 0) is 16.6 Å². The highest BCUT2D eigenvalue weighted by Gasteiger charge is 2.16. The van der Waals surface area contributed by atoms with E-state index in [0.29, 0.717) is 9.97 Å². The van der Waals surface area contributed by atoms with Crippen LogP contribution < -0.4 is 4.72 Å². The zero-order valence-electron chi connectivity index (χ0n) is 8.94. The minimum atomic E-state index is -3.46. The third kappa shape index (κ3) is 3.10. The lowest BCUT2D eigenvalue weighted by atomic mass is 10.5. The van der Waals surface area contributed by atoms with Crippen LogP contribution in [0.25, 0.3) is 0 Å². The summed E-state index contributed by atoms with van der Waals surface area (Å²) in [7, 11) is -3.46. The molecule has 0 saturated heterocycles. The van der Waals surface area contributed by atoms with Gasteiger partial charge < -0.3 is 4.42 Å². The molecule has 7 heteroatoms. The molecule has 1 N–H and O–H groups in total.